The van der Waals surface area contributed by atoms with Crippen molar-refractivity contribution in [2.24, 2.45) is 0 Å². The summed E-state index contributed by atoms with van der Waals surface area (Å²) >= 11 is 0. The standard InChI is InChI=1S/C20H30N2O/c1-16(2)22(20(23)21-19-12-8-5-9-13-19)15-17(3)14-18-10-6-4-7-11-18/h4,6-7,10-11,14,16,19H,5,8-9,12-13,15H2,1-3H3,(H,21,23)/b17-14+. The van der Waals surface area contributed by atoms with Crippen molar-refractivity contribution in [2.45, 2.75) is 65.0 Å². The van der Waals surface area contributed by atoms with Gasteiger partial charge in [0, 0.05) is 18.6 Å². The van der Waals surface area contributed by atoms with Gasteiger partial charge in [-0.3, -0.25) is 0 Å². The van der Waals surface area contributed by atoms with Gasteiger partial charge in [0.2, 0.25) is 0 Å². The van der Waals surface area contributed by atoms with E-state index in [4.69, 9.17) is 0 Å². The largest absolute Gasteiger partial charge is 0.335 e. The van der Waals surface area contributed by atoms with Crippen LogP contribution >= 0.6 is 0 Å². The molecule has 0 spiro atoms. The van der Waals surface area contributed by atoms with Crippen LogP contribution in [-0.4, -0.2) is 29.6 Å². The van der Waals surface area contributed by atoms with Gasteiger partial charge in [0.05, 0.1) is 0 Å². The zero-order valence-electron chi connectivity index (χ0n) is 14.7. The van der Waals surface area contributed by atoms with E-state index >= 15 is 0 Å². The first kappa shape index (κ1) is 17.6. The van der Waals surface area contributed by atoms with E-state index in [-0.39, 0.29) is 12.1 Å². The van der Waals surface area contributed by atoms with Crippen molar-refractivity contribution in [3.05, 3.63) is 41.5 Å². The Bertz CT molecular complexity index is 516. The summed E-state index contributed by atoms with van der Waals surface area (Å²) in [5.74, 6) is 0. The van der Waals surface area contributed by atoms with E-state index in [9.17, 15) is 4.79 Å². The Labute approximate surface area is 140 Å². The van der Waals surface area contributed by atoms with Gasteiger partial charge in [-0.25, -0.2) is 4.79 Å². The van der Waals surface area contributed by atoms with Crippen LogP contribution in [0.15, 0.2) is 35.9 Å². The highest BCUT2D eigenvalue weighted by Crippen LogP contribution is 2.18. The molecule has 126 valence electrons. The molecule has 23 heavy (non-hydrogen) atoms. The van der Waals surface area contributed by atoms with E-state index in [0.717, 1.165) is 12.8 Å². The molecule has 0 aromatic heterocycles. The van der Waals surface area contributed by atoms with Crippen LogP contribution in [0.25, 0.3) is 6.08 Å². The fourth-order valence-corrected chi connectivity index (χ4v) is 3.14. The molecule has 1 aliphatic carbocycles. The molecule has 0 unspecified atom stereocenters. The molecule has 1 fully saturated rings. The first-order valence-corrected chi connectivity index (χ1v) is 8.85. The molecule has 1 saturated carbocycles. The first-order valence-electron chi connectivity index (χ1n) is 8.85. The Morgan fingerprint density at radius 1 is 1.22 bits per heavy atom. The zero-order valence-corrected chi connectivity index (χ0v) is 14.7. The summed E-state index contributed by atoms with van der Waals surface area (Å²) in [6, 6.07) is 10.9. The molecule has 2 rings (SSSR count). The van der Waals surface area contributed by atoms with Crippen molar-refractivity contribution in [3.8, 4) is 0 Å². The number of nitrogens with one attached hydrogen (secondary N) is 1. The van der Waals surface area contributed by atoms with E-state index in [2.05, 4.69) is 44.3 Å². The summed E-state index contributed by atoms with van der Waals surface area (Å²) in [5, 5.41) is 3.23. The van der Waals surface area contributed by atoms with Crippen LogP contribution in [0.4, 0.5) is 4.79 Å². The third-order valence-corrected chi connectivity index (χ3v) is 4.45. The maximum atomic E-state index is 12.6. The Balaban J connectivity index is 1.97. The second kappa shape index (κ2) is 8.76. The van der Waals surface area contributed by atoms with Crippen molar-refractivity contribution in [2.75, 3.05) is 6.54 Å². The van der Waals surface area contributed by atoms with Gasteiger partial charge >= 0.3 is 6.03 Å². The molecule has 0 bridgehead atoms. The number of carbonyl (C=O) groups is 1. The highest BCUT2D eigenvalue weighted by atomic mass is 16.2. The summed E-state index contributed by atoms with van der Waals surface area (Å²) in [4.78, 5) is 14.6. The normalized spacial score (nSPS) is 16.4. The fraction of sp³-hybridized carbons (Fsp3) is 0.550. The fourth-order valence-electron chi connectivity index (χ4n) is 3.14. The molecule has 1 aliphatic rings. The highest BCUT2D eigenvalue weighted by molar-refractivity contribution is 5.75. The number of hydrogen-bond donors (Lipinski definition) is 1. The third kappa shape index (κ3) is 5.74. The van der Waals surface area contributed by atoms with Crippen LogP contribution in [0.5, 0.6) is 0 Å². The zero-order chi connectivity index (χ0) is 16.7. The highest BCUT2D eigenvalue weighted by Gasteiger charge is 2.21. The van der Waals surface area contributed by atoms with Crippen LogP contribution in [0.3, 0.4) is 0 Å². The lowest BCUT2D eigenvalue weighted by molar-refractivity contribution is 0.181. The van der Waals surface area contributed by atoms with E-state index in [1.807, 2.05) is 23.1 Å². The van der Waals surface area contributed by atoms with Crippen molar-refractivity contribution in [3.63, 3.8) is 0 Å². The molecule has 0 heterocycles. The maximum Gasteiger partial charge on any atom is 0.318 e. The van der Waals surface area contributed by atoms with Gasteiger partial charge in [0.25, 0.3) is 0 Å². The predicted octanol–water partition coefficient (Wildman–Crippen LogP) is 4.84. The molecule has 0 aliphatic heterocycles. The van der Waals surface area contributed by atoms with E-state index < -0.39 is 0 Å². The van der Waals surface area contributed by atoms with Crippen molar-refractivity contribution in [1.29, 1.82) is 0 Å². The lowest BCUT2D eigenvalue weighted by atomic mass is 9.96. The van der Waals surface area contributed by atoms with Crippen LogP contribution in [0.2, 0.25) is 0 Å². The number of benzene rings is 1. The molecule has 1 aromatic carbocycles. The minimum absolute atomic E-state index is 0.0766. The number of carbonyl (C=O) groups excluding carboxylic acids is 1. The summed E-state index contributed by atoms with van der Waals surface area (Å²) in [6.45, 7) is 6.92. The Hall–Kier alpha value is -1.77. The minimum Gasteiger partial charge on any atom is -0.335 e. The Morgan fingerprint density at radius 3 is 2.48 bits per heavy atom. The van der Waals surface area contributed by atoms with Crippen LogP contribution in [0, 0.1) is 0 Å². The molecule has 0 radical (unpaired) electrons. The van der Waals surface area contributed by atoms with Gasteiger partial charge in [-0.1, -0.05) is 61.2 Å². The Morgan fingerprint density at radius 2 is 1.87 bits per heavy atom. The predicted molar refractivity (Wildman–Crippen MR) is 97.3 cm³/mol. The van der Waals surface area contributed by atoms with Crippen LogP contribution < -0.4 is 5.32 Å². The van der Waals surface area contributed by atoms with Gasteiger partial charge in [-0.2, -0.15) is 0 Å². The SMILES string of the molecule is C/C(=C\c1ccccc1)CN(C(=O)NC1CCCCC1)C(C)C. The van der Waals surface area contributed by atoms with Gasteiger partial charge in [-0.15, -0.1) is 0 Å². The molecular formula is C20H30N2O. The summed E-state index contributed by atoms with van der Waals surface area (Å²) in [7, 11) is 0. The molecule has 2 amide bonds. The molecule has 3 heteroatoms. The first-order chi connectivity index (χ1) is 11.1. The van der Waals surface area contributed by atoms with Gasteiger partial charge < -0.3 is 10.2 Å². The van der Waals surface area contributed by atoms with E-state index in [0.29, 0.717) is 12.6 Å². The third-order valence-electron chi connectivity index (χ3n) is 4.45. The summed E-state index contributed by atoms with van der Waals surface area (Å²) in [6.07, 6.45) is 8.18. The summed E-state index contributed by atoms with van der Waals surface area (Å²) < 4.78 is 0. The van der Waals surface area contributed by atoms with Crippen molar-refractivity contribution >= 4 is 12.1 Å². The Kier molecular flexibility index (Phi) is 6.69. The van der Waals surface area contributed by atoms with Gasteiger partial charge in [0.15, 0.2) is 0 Å². The van der Waals surface area contributed by atoms with E-state index in [1.165, 1.54) is 30.4 Å². The number of hydrogen-bond acceptors (Lipinski definition) is 1. The van der Waals surface area contributed by atoms with E-state index in [1.54, 1.807) is 0 Å². The van der Waals surface area contributed by atoms with Gasteiger partial charge in [-0.05, 0) is 39.2 Å². The molecule has 3 nitrogen and oxygen atoms in total. The molecule has 0 atom stereocenters. The van der Waals surface area contributed by atoms with Gasteiger partial charge in [0.1, 0.15) is 0 Å². The average Bonchev–Trinajstić information content (AvgIpc) is 2.54. The number of urea groups is 1. The van der Waals surface area contributed by atoms with Crippen molar-refractivity contribution < 1.29 is 4.79 Å². The monoisotopic (exact) mass is 314 g/mol. The topological polar surface area (TPSA) is 32.3 Å². The number of rotatable bonds is 5. The smallest absolute Gasteiger partial charge is 0.318 e. The lowest BCUT2D eigenvalue weighted by Crippen LogP contribution is -2.48. The average molecular weight is 314 g/mol. The number of nitrogens with zero attached hydrogens (tertiary/aromatic N) is 1. The quantitative estimate of drug-likeness (QED) is 0.828. The molecule has 1 N–H and O–H groups in total. The molecular weight excluding hydrogens is 284 g/mol. The lowest BCUT2D eigenvalue weighted by Gasteiger charge is -2.31. The number of amides is 2. The summed E-state index contributed by atoms with van der Waals surface area (Å²) in [5.41, 5.74) is 2.38. The minimum atomic E-state index is 0.0766. The maximum absolute atomic E-state index is 12.6. The van der Waals surface area contributed by atoms with Crippen molar-refractivity contribution in [1.82, 2.24) is 10.2 Å². The van der Waals surface area contributed by atoms with Crippen LogP contribution in [-0.2, 0) is 0 Å². The second-order valence-corrected chi connectivity index (χ2v) is 6.91. The second-order valence-electron chi connectivity index (χ2n) is 6.91. The molecule has 0 saturated heterocycles. The van der Waals surface area contributed by atoms with Crippen LogP contribution in [0.1, 0.15) is 58.4 Å². The molecule has 1 aromatic rings.